The van der Waals surface area contributed by atoms with E-state index in [1.54, 1.807) is 0 Å². The number of nitrogens with one attached hydrogen (secondary N) is 1. The van der Waals surface area contributed by atoms with Crippen molar-refractivity contribution in [1.29, 1.82) is 0 Å². The summed E-state index contributed by atoms with van der Waals surface area (Å²) < 4.78 is 0. The highest BCUT2D eigenvalue weighted by molar-refractivity contribution is 5.80. The lowest BCUT2D eigenvalue weighted by Gasteiger charge is -2.28. The van der Waals surface area contributed by atoms with Gasteiger partial charge in [0.1, 0.15) is 0 Å². The fourth-order valence-corrected chi connectivity index (χ4v) is 4.29. The number of amides is 1. The average Bonchev–Trinajstić information content (AvgIpc) is 3.08. The maximum atomic E-state index is 12.6. The van der Waals surface area contributed by atoms with Gasteiger partial charge in [-0.1, -0.05) is 38.1 Å². The van der Waals surface area contributed by atoms with Gasteiger partial charge >= 0.3 is 0 Å². The molecule has 2 aliphatic carbocycles. The summed E-state index contributed by atoms with van der Waals surface area (Å²) in [5.41, 5.74) is 8.76. The Morgan fingerprint density at radius 1 is 1.09 bits per heavy atom. The van der Waals surface area contributed by atoms with Crippen LogP contribution in [-0.4, -0.2) is 11.9 Å². The van der Waals surface area contributed by atoms with E-state index in [9.17, 15) is 4.79 Å². The van der Waals surface area contributed by atoms with Crippen LogP contribution in [0.2, 0.25) is 0 Å². The molecule has 0 aliphatic heterocycles. The minimum Gasteiger partial charge on any atom is -0.349 e. The second-order valence-electron chi connectivity index (χ2n) is 7.49. The minimum absolute atomic E-state index is 0.0242. The van der Waals surface area contributed by atoms with E-state index in [1.807, 2.05) is 0 Å². The zero-order valence-corrected chi connectivity index (χ0v) is 13.9. The summed E-state index contributed by atoms with van der Waals surface area (Å²) in [4.78, 5) is 12.6. The first-order chi connectivity index (χ1) is 10.5. The van der Waals surface area contributed by atoms with E-state index in [0.29, 0.717) is 17.8 Å². The Labute approximate surface area is 133 Å². The lowest BCUT2D eigenvalue weighted by molar-refractivity contribution is -0.127. The Bertz CT molecular complexity index is 535. The number of carbonyl (C=O) groups excluding carboxylic acids is 1. The molecule has 120 valence electrons. The number of benzene rings is 1. The summed E-state index contributed by atoms with van der Waals surface area (Å²) in [5, 5.41) is 3.18. The van der Waals surface area contributed by atoms with Crippen LogP contribution in [0.1, 0.15) is 63.1 Å². The second-order valence-corrected chi connectivity index (χ2v) is 7.49. The van der Waals surface area contributed by atoms with Crippen LogP contribution in [0.3, 0.4) is 0 Å². The quantitative estimate of drug-likeness (QED) is 0.896. The van der Waals surface area contributed by atoms with Crippen molar-refractivity contribution in [2.24, 2.45) is 23.5 Å². The van der Waals surface area contributed by atoms with E-state index in [-0.39, 0.29) is 23.9 Å². The highest BCUT2D eigenvalue weighted by Gasteiger charge is 2.49. The van der Waals surface area contributed by atoms with E-state index in [4.69, 9.17) is 5.73 Å². The molecular formula is C19H28N2O. The van der Waals surface area contributed by atoms with Gasteiger partial charge in [0.05, 0.1) is 12.0 Å². The fraction of sp³-hybridized carbons (Fsp3) is 0.632. The molecule has 5 atom stereocenters. The van der Waals surface area contributed by atoms with Gasteiger partial charge in [-0.05, 0) is 55.1 Å². The molecule has 0 spiro atoms. The molecule has 1 aromatic carbocycles. The van der Waals surface area contributed by atoms with E-state index in [0.717, 1.165) is 12.0 Å². The Hall–Kier alpha value is -1.35. The van der Waals surface area contributed by atoms with Gasteiger partial charge < -0.3 is 11.1 Å². The molecule has 0 saturated heterocycles. The minimum atomic E-state index is 0.0242. The summed E-state index contributed by atoms with van der Waals surface area (Å²) in [5.74, 6) is 1.79. The lowest BCUT2D eigenvalue weighted by atomic mass is 9.84. The molecule has 0 aromatic heterocycles. The Kier molecular flexibility index (Phi) is 4.26. The van der Waals surface area contributed by atoms with Crippen LogP contribution >= 0.6 is 0 Å². The van der Waals surface area contributed by atoms with E-state index in [1.165, 1.54) is 18.4 Å². The molecule has 2 bridgehead atoms. The van der Waals surface area contributed by atoms with Crippen LogP contribution in [0.5, 0.6) is 0 Å². The molecular weight excluding hydrogens is 272 g/mol. The number of hydrogen-bond acceptors (Lipinski definition) is 2. The van der Waals surface area contributed by atoms with Gasteiger partial charge in [-0.2, -0.15) is 0 Å². The molecule has 3 nitrogen and oxygen atoms in total. The second kappa shape index (κ2) is 6.04. The van der Waals surface area contributed by atoms with Gasteiger partial charge in [-0.15, -0.1) is 0 Å². The Morgan fingerprint density at radius 2 is 1.68 bits per heavy atom. The fourth-order valence-electron chi connectivity index (χ4n) is 4.29. The summed E-state index contributed by atoms with van der Waals surface area (Å²) in [6.45, 7) is 6.44. The molecule has 3 rings (SSSR count). The topological polar surface area (TPSA) is 55.1 Å². The molecule has 0 heterocycles. The van der Waals surface area contributed by atoms with Crippen LogP contribution in [0.4, 0.5) is 0 Å². The molecule has 22 heavy (non-hydrogen) atoms. The van der Waals surface area contributed by atoms with Gasteiger partial charge in [-0.3, -0.25) is 4.79 Å². The van der Waals surface area contributed by atoms with Crippen LogP contribution in [0.25, 0.3) is 0 Å². The molecule has 1 aromatic rings. The van der Waals surface area contributed by atoms with Crippen molar-refractivity contribution in [1.82, 2.24) is 5.32 Å². The van der Waals surface area contributed by atoms with Crippen LogP contribution in [-0.2, 0) is 4.79 Å². The monoisotopic (exact) mass is 300 g/mol. The molecule has 5 unspecified atom stereocenters. The molecule has 1 amide bonds. The maximum absolute atomic E-state index is 12.6. The summed E-state index contributed by atoms with van der Waals surface area (Å²) >= 11 is 0. The van der Waals surface area contributed by atoms with Crippen molar-refractivity contribution in [3.05, 3.63) is 35.4 Å². The predicted molar refractivity (Wildman–Crippen MR) is 89.4 cm³/mol. The van der Waals surface area contributed by atoms with Crippen molar-refractivity contribution >= 4 is 5.91 Å². The van der Waals surface area contributed by atoms with Crippen molar-refractivity contribution in [2.75, 3.05) is 0 Å². The van der Waals surface area contributed by atoms with Gasteiger partial charge in [0.15, 0.2) is 0 Å². The molecule has 2 fully saturated rings. The van der Waals surface area contributed by atoms with Gasteiger partial charge in [0.2, 0.25) is 5.91 Å². The number of nitrogens with two attached hydrogens (primary N) is 1. The number of hydrogen-bond donors (Lipinski definition) is 2. The van der Waals surface area contributed by atoms with Gasteiger partial charge in [0, 0.05) is 6.04 Å². The van der Waals surface area contributed by atoms with Crippen LogP contribution < -0.4 is 11.1 Å². The number of carbonyl (C=O) groups is 1. The van der Waals surface area contributed by atoms with Gasteiger partial charge in [0.25, 0.3) is 0 Å². The first-order valence-electron chi connectivity index (χ1n) is 8.63. The average molecular weight is 300 g/mol. The zero-order chi connectivity index (χ0) is 15.9. The van der Waals surface area contributed by atoms with Crippen molar-refractivity contribution in [2.45, 2.75) is 58.0 Å². The van der Waals surface area contributed by atoms with E-state index in [2.05, 4.69) is 50.4 Å². The highest BCUT2D eigenvalue weighted by Crippen LogP contribution is 2.47. The maximum Gasteiger partial charge on any atom is 0.225 e. The highest BCUT2D eigenvalue weighted by atomic mass is 16.2. The van der Waals surface area contributed by atoms with Crippen molar-refractivity contribution < 1.29 is 4.79 Å². The third kappa shape index (κ3) is 2.79. The SMILES string of the molecule is CC(C)c1ccc(C(C)NC(=O)C2C3CCC(C3)C2N)cc1. The molecule has 0 radical (unpaired) electrons. The standard InChI is InChI=1S/C19H28N2O/c1-11(2)13-4-6-14(7-5-13)12(3)21-19(22)17-15-8-9-16(10-15)18(17)20/h4-7,11-12,15-18H,8-10,20H2,1-3H3,(H,21,22). The summed E-state index contributed by atoms with van der Waals surface area (Å²) in [6.07, 6.45) is 3.53. The smallest absolute Gasteiger partial charge is 0.225 e. The van der Waals surface area contributed by atoms with Crippen molar-refractivity contribution in [3.63, 3.8) is 0 Å². The first kappa shape index (κ1) is 15.5. The Balaban J connectivity index is 1.64. The molecule has 2 aliphatic rings. The molecule has 2 saturated carbocycles. The van der Waals surface area contributed by atoms with Crippen LogP contribution in [0.15, 0.2) is 24.3 Å². The first-order valence-corrected chi connectivity index (χ1v) is 8.63. The third-order valence-corrected chi connectivity index (χ3v) is 5.75. The predicted octanol–water partition coefficient (Wildman–Crippen LogP) is 3.36. The normalized spacial score (nSPS) is 31.5. The Morgan fingerprint density at radius 3 is 2.23 bits per heavy atom. The largest absolute Gasteiger partial charge is 0.349 e. The molecule has 3 heteroatoms. The van der Waals surface area contributed by atoms with Gasteiger partial charge in [-0.25, -0.2) is 0 Å². The summed E-state index contributed by atoms with van der Waals surface area (Å²) in [6, 6.07) is 8.68. The van der Waals surface area contributed by atoms with Crippen LogP contribution in [0, 0.1) is 17.8 Å². The number of rotatable bonds is 4. The number of fused-ring (bicyclic) bond motifs is 2. The lowest BCUT2D eigenvalue weighted by Crippen LogP contribution is -2.45. The van der Waals surface area contributed by atoms with E-state index < -0.39 is 0 Å². The van der Waals surface area contributed by atoms with Crippen molar-refractivity contribution in [3.8, 4) is 0 Å². The summed E-state index contributed by atoms with van der Waals surface area (Å²) in [7, 11) is 0. The third-order valence-electron chi connectivity index (χ3n) is 5.75. The molecule has 3 N–H and O–H groups in total. The van der Waals surface area contributed by atoms with E-state index >= 15 is 0 Å². The zero-order valence-electron chi connectivity index (χ0n) is 13.9.